The summed E-state index contributed by atoms with van der Waals surface area (Å²) in [6, 6.07) is 0. The number of fused-ring (bicyclic) bond motifs is 1. The predicted octanol–water partition coefficient (Wildman–Crippen LogP) is 3.37. The van der Waals surface area contributed by atoms with Crippen LogP contribution in [0.5, 0.6) is 0 Å². The molecule has 0 amide bonds. The van der Waals surface area contributed by atoms with Crippen LogP contribution in [0.4, 0.5) is 17.6 Å². The second kappa shape index (κ2) is 2.62. The van der Waals surface area contributed by atoms with E-state index in [4.69, 9.17) is 0 Å². The smallest absolute Gasteiger partial charge is 0.197 e. The van der Waals surface area contributed by atoms with E-state index in [1.807, 2.05) is 0 Å². The van der Waals surface area contributed by atoms with E-state index in [0.717, 1.165) is 12.4 Å². The van der Waals surface area contributed by atoms with Gasteiger partial charge in [-0.2, -0.15) is 0 Å². The molecule has 0 fully saturated rings. The van der Waals surface area contributed by atoms with Gasteiger partial charge in [0, 0.05) is 23.5 Å². The number of allylic oxidation sites excluding steroid dienone is 1. The van der Waals surface area contributed by atoms with E-state index in [1.54, 1.807) is 0 Å². The molecule has 1 nitrogen and oxygen atoms in total. The molecule has 2 rings (SSSR count). The number of aromatic amines is 1. The molecular formula is C9H7F4N. The van der Waals surface area contributed by atoms with E-state index in [1.165, 1.54) is 0 Å². The normalized spacial score (nSPS) is 31.9. The number of rotatable bonds is 0. The zero-order valence-corrected chi connectivity index (χ0v) is 7.24. The van der Waals surface area contributed by atoms with E-state index >= 15 is 0 Å². The van der Waals surface area contributed by atoms with E-state index < -0.39 is 23.5 Å². The van der Waals surface area contributed by atoms with Crippen LogP contribution in [0.1, 0.15) is 24.2 Å². The van der Waals surface area contributed by atoms with Crippen LogP contribution in [-0.4, -0.2) is 10.7 Å². The van der Waals surface area contributed by atoms with Crippen molar-refractivity contribution in [2.24, 2.45) is 0 Å². The van der Waals surface area contributed by atoms with Gasteiger partial charge in [-0.3, -0.25) is 0 Å². The second-order valence-electron chi connectivity index (χ2n) is 3.39. The van der Waals surface area contributed by atoms with Crippen molar-refractivity contribution in [2.75, 3.05) is 0 Å². The Morgan fingerprint density at radius 3 is 2.64 bits per heavy atom. The van der Waals surface area contributed by atoms with Crippen LogP contribution in [-0.2, 0) is 0 Å². The number of hydrogen-bond donors (Lipinski definition) is 1. The molecule has 0 aliphatic heterocycles. The first-order valence-corrected chi connectivity index (χ1v) is 4.02. The Balaban J connectivity index is 2.69. The maximum Gasteiger partial charge on any atom is 0.197 e. The van der Waals surface area contributed by atoms with Crippen molar-refractivity contribution in [3.05, 3.63) is 29.3 Å². The molecule has 5 heteroatoms. The highest BCUT2D eigenvalue weighted by Gasteiger charge is 2.48. The summed E-state index contributed by atoms with van der Waals surface area (Å²) in [5, 5.41) is 0. The molecule has 76 valence electrons. The lowest BCUT2D eigenvalue weighted by Gasteiger charge is -2.27. The lowest BCUT2D eigenvalue weighted by molar-refractivity contribution is 0.0751. The van der Waals surface area contributed by atoms with Crippen molar-refractivity contribution in [1.29, 1.82) is 0 Å². The molecule has 0 saturated carbocycles. The molecule has 0 spiro atoms. The topological polar surface area (TPSA) is 15.8 Å². The maximum atomic E-state index is 13.4. The molecular weight excluding hydrogens is 198 g/mol. The highest BCUT2D eigenvalue weighted by atomic mass is 19.2. The molecule has 0 aromatic carbocycles. The Morgan fingerprint density at radius 1 is 1.36 bits per heavy atom. The number of aromatic nitrogens is 1. The first kappa shape index (κ1) is 9.30. The Labute approximate surface area is 77.4 Å². The quantitative estimate of drug-likeness (QED) is 0.625. The molecule has 1 aliphatic carbocycles. The first-order valence-electron chi connectivity index (χ1n) is 4.02. The molecule has 0 saturated heterocycles. The molecule has 0 bridgehead atoms. The van der Waals surface area contributed by atoms with Crippen LogP contribution < -0.4 is 0 Å². The van der Waals surface area contributed by atoms with Crippen molar-refractivity contribution in [2.45, 2.75) is 18.8 Å². The van der Waals surface area contributed by atoms with Gasteiger partial charge >= 0.3 is 0 Å². The van der Waals surface area contributed by atoms with E-state index in [2.05, 4.69) is 4.98 Å². The number of alkyl halides is 2. The minimum Gasteiger partial charge on any atom is -0.367 e. The van der Waals surface area contributed by atoms with Gasteiger partial charge in [0.15, 0.2) is 23.5 Å². The lowest BCUT2D eigenvalue weighted by atomic mass is 9.87. The molecule has 1 aliphatic rings. The van der Waals surface area contributed by atoms with Gasteiger partial charge in [0.1, 0.15) is 0 Å². The number of halogens is 4. The fraction of sp³-hybridized carbons (Fsp3) is 0.333. The summed E-state index contributed by atoms with van der Waals surface area (Å²) in [5.41, 5.74) is -3.35. The van der Waals surface area contributed by atoms with Crippen molar-refractivity contribution in [1.82, 2.24) is 4.98 Å². The van der Waals surface area contributed by atoms with Crippen LogP contribution in [0.25, 0.3) is 5.83 Å². The molecule has 1 aromatic heterocycles. The molecule has 1 heterocycles. The molecule has 14 heavy (non-hydrogen) atoms. The van der Waals surface area contributed by atoms with Crippen LogP contribution >= 0.6 is 0 Å². The van der Waals surface area contributed by atoms with Gasteiger partial charge in [-0.25, -0.2) is 17.6 Å². The average Bonchev–Trinajstić information content (AvgIpc) is 2.60. The van der Waals surface area contributed by atoms with Crippen LogP contribution in [0.15, 0.2) is 18.2 Å². The third-order valence-electron chi connectivity index (χ3n) is 2.38. The Hall–Kier alpha value is -1.26. The van der Waals surface area contributed by atoms with Crippen molar-refractivity contribution in [3.63, 3.8) is 0 Å². The van der Waals surface area contributed by atoms with E-state index in [-0.39, 0.29) is 11.1 Å². The SMILES string of the molecule is CC1(F)C(F)=C(F)c2c[nH]cc2C1F. The van der Waals surface area contributed by atoms with Crippen molar-refractivity contribution >= 4 is 5.83 Å². The summed E-state index contributed by atoms with van der Waals surface area (Å²) in [6.07, 6.45) is 0.0545. The van der Waals surface area contributed by atoms with E-state index in [9.17, 15) is 17.6 Å². The average molecular weight is 205 g/mol. The van der Waals surface area contributed by atoms with Crippen LogP contribution in [0.3, 0.4) is 0 Å². The number of hydrogen-bond acceptors (Lipinski definition) is 0. The Bertz CT molecular complexity index is 405. The maximum absolute atomic E-state index is 13.4. The van der Waals surface area contributed by atoms with E-state index in [0.29, 0.717) is 6.92 Å². The standard InChI is InChI=1S/C9H7F4N/c1-9(13)7(11)5-3-14-2-4(5)6(10)8(9)12/h2-3,7,14H,1H3. The summed E-state index contributed by atoms with van der Waals surface area (Å²) in [6.45, 7) is 0.683. The first-order chi connectivity index (χ1) is 6.46. The fourth-order valence-electron chi connectivity index (χ4n) is 1.51. The largest absolute Gasteiger partial charge is 0.367 e. The van der Waals surface area contributed by atoms with Gasteiger partial charge in [-0.1, -0.05) is 0 Å². The molecule has 0 radical (unpaired) electrons. The summed E-state index contributed by atoms with van der Waals surface area (Å²) in [5.74, 6) is -3.02. The lowest BCUT2D eigenvalue weighted by Crippen LogP contribution is -2.29. The third kappa shape index (κ3) is 0.951. The Kier molecular flexibility index (Phi) is 1.74. The highest BCUT2D eigenvalue weighted by Crippen LogP contribution is 2.48. The predicted molar refractivity (Wildman–Crippen MR) is 43.3 cm³/mol. The number of nitrogens with one attached hydrogen (secondary N) is 1. The number of H-pyrrole nitrogens is 1. The van der Waals surface area contributed by atoms with Gasteiger partial charge < -0.3 is 4.98 Å². The monoisotopic (exact) mass is 205 g/mol. The fourth-order valence-corrected chi connectivity index (χ4v) is 1.51. The summed E-state index contributed by atoms with van der Waals surface area (Å²) in [4.78, 5) is 2.41. The zero-order chi connectivity index (χ0) is 10.5. The molecule has 1 aromatic rings. The third-order valence-corrected chi connectivity index (χ3v) is 2.38. The van der Waals surface area contributed by atoms with Gasteiger partial charge in [-0.15, -0.1) is 0 Å². The van der Waals surface area contributed by atoms with Gasteiger partial charge in [-0.05, 0) is 6.92 Å². The molecule has 2 atom stereocenters. The zero-order valence-electron chi connectivity index (χ0n) is 7.24. The summed E-state index contributed by atoms with van der Waals surface area (Å²) < 4.78 is 53.0. The van der Waals surface area contributed by atoms with Gasteiger partial charge in [0.2, 0.25) is 0 Å². The summed E-state index contributed by atoms with van der Waals surface area (Å²) >= 11 is 0. The minimum absolute atomic E-state index is 0.186. The highest BCUT2D eigenvalue weighted by molar-refractivity contribution is 5.68. The van der Waals surface area contributed by atoms with Gasteiger partial charge in [0.25, 0.3) is 0 Å². The summed E-state index contributed by atoms with van der Waals surface area (Å²) in [7, 11) is 0. The molecule has 2 unspecified atom stereocenters. The van der Waals surface area contributed by atoms with Crippen molar-refractivity contribution in [3.8, 4) is 0 Å². The van der Waals surface area contributed by atoms with Crippen LogP contribution in [0, 0.1) is 0 Å². The Morgan fingerprint density at radius 2 is 2.00 bits per heavy atom. The second-order valence-corrected chi connectivity index (χ2v) is 3.39. The minimum atomic E-state index is -2.92. The van der Waals surface area contributed by atoms with Crippen molar-refractivity contribution < 1.29 is 17.6 Å². The molecule has 1 N–H and O–H groups in total. The van der Waals surface area contributed by atoms with Crippen LogP contribution in [0.2, 0.25) is 0 Å². The van der Waals surface area contributed by atoms with Gasteiger partial charge in [0.05, 0.1) is 0 Å².